The second-order valence-corrected chi connectivity index (χ2v) is 6.99. The molecule has 3 rings (SSSR count). The highest BCUT2D eigenvalue weighted by Gasteiger charge is 2.40. The molecule has 0 aliphatic carbocycles. The lowest BCUT2D eigenvalue weighted by Gasteiger charge is -2.19. The molecule has 0 atom stereocenters. The van der Waals surface area contributed by atoms with Crippen LogP contribution in [0.2, 0.25) is 0 Å². The number of rotatable bonds is 6. The second kappa shape index (κ2) is 8.22. The van der Waals surface area contributed by atoms with Crippen molar-refractivity contribution in [2.75, 3.05) is 11.9 Å². The van der Waals surface area contributed by atoms with Crippen LogP contribution in [0.3, 0.4) is 0 Å². The van der Waals surface area contributed by atoms with E-state index < -0.39 is 29.6 Å². The molecule has 1 aliphatic heterocycles. The molecule has 8 heteroatoms. The second-order valence-electron chi connectivity index (χ2n) is 6.99. The van der Waals surface area contributed by atoms with Crippen molar-refractivity contribution in [1.82, 2.24) is 4.90 Å². The number of nitrogens with one attached hydrogen (secondary N) is 1. The predicted molar refractivity (Wildman–Crippen MR) is 107 cm³/mol. The summed E-state index contributed by atoms with van der Waals surface area (Å²) in [4.78, 5) is 27.0. The van der Waals surface area contributed by atoms with Crippen LogP contribution < -0.4 is 10.1 Å². The fraction of sp³-hybridized carbons (Fsp3) is 0.273. The number of amides is 2. The zero-order chi connectivity index (χ0) is 22.1. The van der Waals surface area contributed by atoms with Gasteiger partial charge in [0, 0.05) is 11.7 Å². The van der Waals surface area contributed by atoms with E-state index in [9.17, 15) is 22.8 Å². The normalized spacial score (nSPS) is 14.7. The quantitative estimate of drug-likeness (QED) is 0.691. The molecule has 0 saturated carbocycles. The van der Waals surface area contributed by atoms with Gasteiger partial charge < -0.3 is 10.1 Å². The predicted octanol–water partition coefficient (Wildman–Crippen LogP) is 4.70. The first kappa shape index (κ1) is 21.4. The molecule has 5 nitrogen and oxygen atoms in total. The number of anilines is 1. The Morgan fingerprint density at radius 2 is 1.70 bits per heavy atom. The summed E-state index contributed by atoms with van der Waals surface area (Å²) in [5, 5.41) is 2.74. The van der Waals surface area contributed by atoms with Gasteiger partial charge in [0.25, 0.3) is 11.8 Å². The molecule has 0 fully saturated rings. The molecule has 0 aromatic heterocycles. The molecule has 2 aromatic carbocycles. The van der Waals surface area contributed by atoms with Crippen LogP contribution in [0.5, 0.6) is 5.75 Å². The van der Waals surface area contributed by atoms with Crippen molar-refractivity contribution in [1.29, 1.82) is 0 Å². The zero-order valence-electron chi connectivity index (χ0n) is 16.7. The summed E-state index contributed by atoms with van der Waals surface area (Å²) < 4.78 is 44.5. The molecule has 2 aromatic rings. The van der Waals surface area contributed by atoms with Gasteiger partial charge in [0.15, 0.2) is 0 Å². The Morgan fingerprint density at radius 3 is 2.27 bits per heavy atom. The molecular weight excluding hydrogens is 397 g/mol. The maximum atomic E-state index is 13.0. The Morgan fingerprint density at radius 1 is 1.03 bits per heavy atom. The molecule has 1 heterocycles. The van der Waals surface area contributed by atoms with Crippen molar-refractivity contribution in [2.45, 2.75) is 33.0 Å². The molecule has 0 radical (unpaired) electrons. The van der Waals surface area contributed by atoms with Crippen molar-refractivity contribution in [3.63, 3.8) is 0 Å². The smallest absolute Gasteiger partial charge is 0.416 e. The molecule has 0 spiro atoms. The number of halogens is 3. The fourth-order valence-corrected chi connectivity index (χ4v) is 3.20. The highest BCUT2D eigenvalue weighted by molar-refractivity contribution is 6.36. The summed E-state index contributed by atoms with van der Waals surface area (Å²) in [6.07, 6.45) is -4.52. The number of carbonyl (C=O) groups excluding carboxylic acids is 2. The van der Waals surface area contributed by atoms with Gasteiger partial charge in [0.2, 0.25) is 0 Å². The molecule has 0 saturated heterocycles. The fourth-order valence-electron chi connectivity index (χ4n) is 3.20. The summed E-state index contributed by atoms with van der Waals surface area (Å²) in [6.45, 7) is 5.70. The van der Waals surface area contributed by atoms with Gasteiger partial charge in [-0.15, -0.1) is 0 Å². The van der Waals surface area contributed by atoms with Crippen LogP contribution in [0.4, 0.5) is 18.9 Å². The molecule has 0 bridgehead atoms. The summed E-state index contributed by atoms with van der Waals surface area (Å²) in [5.41, 5.74) is -0.274. The maximum absolute atomic E-state index is 13.0. The van der Waals surface area contributed by atoms with Crippen LogP contribution in [-0.2, 0) is 15.8 Å². The number of benzene rings is 2. The van der Waals surface area contributed by atoms with Crippen LogP contribution in [-0.4, -0.2) is 29.4 Å². The molecule has 1 aliphatic rings. The first-order chi connectivity index (χ1) is 14.1. The minimum absolute atomic E-state index is 0.0582. The van der Waals surface area contributed by atoms with E-state index in [1.54, 1.807) is 38.1 Å². The first-order valence-electron chi connectivity index (χ1n) is 9.43. The number of alkyl halides is 3. The third kappa shape index (κ3) is 4.17. The number of imide groups is 1. The van der Waals surface area contributed by atoms with Crippen LogP contribution >= 0.6 is 0 Å². The van der Waals surface area contributed by atoms with Gasteiger partial charge in [-0.3, -0.25) is 14.5 Å². The van der Waals surface area contributed by atoms with Crippen molar-refractivity contribution in [2.24, 2.45) is 0 Å². The lowest BCUT2D eigenvalue weighted by atomic mass is 10.0. The summed E-state index contributed by atoms with van der Waals surface area (Å²) in [7, 11) is 0. The van der Waals surface area contributed by atoms with E-state index in [-0.39, 0.29) is 17.0 Å². The third-order valence-corrected chi connectivity index (χ3v) is 4.54. The molecular formula is C22H21F3N2O3. The average molecular weight is 418 g/mol. The summed E-state index contributed by atoms with van der Waals surface area (Å²) >= 11 is 0. The van der Waals surface area contributed by atoms with E-state index in [1.807, 2.05) is 6.92 Å². The van der Waals surface area contributed by atoms with Crippen molar-refractivity contribution in [3.8, 4) is 5.75 Å². The van der Waals surface area contributed by atoms with Gasteiger partial charge in [0.05, 0.1) is 17.7 Å². The van der Waals surface area contributed by atoms with Gasteiger partial charge in [-0.2, -0.15) is 13.2 Å². The summed E-state index contributed by atoms with van der Waals surface area (Å²) in [6, 6.07) is 10.7. The van der Waals surface area contributed by atoms with Gasteiger partial charge in [-0.25, -0.2) is 0 Å². The monoisotopic (exact) mass is 418 g/mol. The van der Waals surface area contributed by atoms with E-state index in [2.05, 4.69) is 5.32 Å². The van der Waals surface area contributed by atoms with Crippen LogP contribution in [0, 0.1) is 0 Å². The van der Waals surface area contributed by atoms with Crippen molar-refractivity contribution in [3.05, 3.63) is 65.4 Å². The SMILES string of the molecule is CCOc1ccc(C2=C(Nc3cccc(C(F)(F)F)c3)C(=O)N(C(C)C)C2=O)cc1. The lowest BCUT2D eigenvalue weighted by Crippen LogP contribution is -2.38. The largest absolute Gasteiger partial charge is 0.494 e. The Bertz CT molecular complexity index is 995. The standard InChI is InChI=1S/C22H21F3N2O3/c1-4-30-17-10-8-14(9-11-17)18-19(21(29)27(13(2)3)20(18)28)26-16-7-5-6-15(12-16)22(23,24)25/h5-13,26H,4H2,1-3H3. The van der Waals surface area contributed by atoms with Crippen molar-refractivity contribution >= 4 is 23.1 Å². The van der Waals surface area contributed by atoms with Gasteiger partial charge in [-0.1, -0.05) is 18.2 Å². The number of carbonyl (C=O) groups is 2. The molecule has 30 heavy (non-hydrogen) atoms. The topological polar surface area (TPSA) is 58.6 Å². The van der Waals surface area contributed by atoms with E-state index >= 15 is 0 Å². The molecule has 1 N–H and O–H groups in total. The zero-order valence-corrected chi connectivity index (χ0v) is 16.7. The molecule has 158 valence electrons. The first-order valence-corrected chi connectivity index (χ1v) is 9.43. The highest BCUT2D eigenvalue weighted by atomic mass is 19.4. The van der Waals surface area contributed by atoms with E-state index in [0.29, 0.717) is 17.9 Å². The van der Waals surface area contributed by atoms with Gasteiger partial charge in [-0.05, 0) is 56.7 Å². The van der Waals surface area contributed by atoms with Gasteiger partial charge >= 0.3 is 6.18 Å². The number of ether oxygens (including phenoxy) is 1. The Balaban J connectivity index is 2.06. The number of hydrogen-bond donors (Lipinski definition) is 1. The lowest BCUT2D eigenvalue weighted by molar-refractivity contribution is -0.139. The van der Waals surface area contributed by atoms with Gasteiger partial charge in [0.1, 0.15) is 11.4 Å². The highest BCUT2D eigenvalue weighted by Crippen LogP contribution is 2.34. The van der Waals surface area contributed by atoms with Crippen LogP contribution in [0.1, 0.15) is 31.9 Å². The number of nitrogens with zero attached hydrogens (tertiary/aromatic N) is 1. The minimum Gasteiger partial charge on any atom is -0.494 e. The van der Waals surface area contributed by atoms with Crippen LogP contribution in [0.15, 0.2) is 54.2 Å². The molecule has 2 amide bonds. The minimum atomic E-state index is -4.52. The van der Waals surface area contributed by atoms with E-state index in [1.165, 1.54) is 12.1 Å². The van der Waals surface area contributed by atoms with Crippen LogP contribution in [0.25, 0.3) is 5.57 Å². The Hall–Kier alpha value is -3.29. The Labute approximate surface area is 172 Å². The van der Waals surface area contributed by atoms with E-state index in [0.717, 1.165) is 17.0 Å². The number of hydrogen-bond acceptors (Lipinski definition) is 4. The Kier molecular flexibility index (Phi) is 5.87. The third-order valence-electron chi connectivity index (χ3n) is 4.54. The van der Waals surface area contributed by atoms with Crippen molar-refractivity contribution < 1.29 is 27.5 Å². The maximum Gasteiger partial charge on any atom is 0.416 e. The summed E-state index contributed by atoms with van der Waals surface area (Å²) in [5.74, 6) is -0.489. The average Bonchev–Trinajstić information content (AvgIpc) is 2.92. The molecule has 0 unspecified atom stereocenters. The van der Waals surface area contributed by atoms with E-state index in [4.69, 9.17) is 4.74 Å².